The topological polar surface area (TPSA) is 188 Å². The average Bonchev–Trinajstić information content (AvgIpc) is 3.39. The molecular weight excluding hydrogens is 953 g/mol. The van der Waals surface area contributed by atoms with Crippen LogP contribution < -0.4 is 29.9 Å². The molecule has 1 fully saturated rings. The summed E-state index contributed by atoms with van der Waals surface area (Å²) < 4.78 is 54.1. The number of nitrogens with zero attached hydrogens (tertiary/aromatic N) is 5. The summed E-state index contributed by atoms with van der Waals surface area (Å²) >= 11 is 0. The Labute approximate surface area is 437 Å². The molecule has 4 atom stereocenters. The first-order valence-corrected chi connectivity index (χ1v) is 27.7. The number of azide groups is 1. The molecule has 1 amide bonds. The number of hydrogen-bond donors (Lipinski definition) is 2. The largest absolute Gasteiger partial charge is 0.496 e. The predicted molar refractivity (Wildman–Crippen MR) is 293 cm³/mol. The van der Waals surface area contributed by atoms with Gasteiger partial charge in [0.05, 0.1) is 19.8 Å². The standard InChI is InChI=1S/C59H74N6O8S/c1-9-64(10-2)46-27-24-41-32-42(57(67)73-52(41)36-46)25-26-45-28-29-47(74(68,69)70)39-65(45)31-19-13-17-23-55(66)61-38-43-33-48(51-37-50(43)59(51,5)6)56-53(71-7)34-44(35-54(56)72-8)58(3,4)49(40-20-14-11-15-21-40)22-16-12-18-30-62-63-60/h11,14-15,20-21,24-29,32-36,39,48-51H,9-10,12-13,16-19,22-23,30-31,37-38H2,1-8H3,(H-,61,66,68,69,70)/p+1/t48-,49?,50+,51-/m0/s1. The zero-order valence-corrected chi connectivity index (χ0v) is 45.3. The number of unbranched alkanes of at least 4 members (excludes halogenated alkanes) is 4. The van der Waals surface area contributed by atoms with Crippen molar-refractivity contribution in [2.24, 2.45) is 22.4 Å². The first-order valence-electron chi connectivity index (χ1n) is 26.3. The molecule has 14 nitrogen and oxygen atoms in total. The second-order valence-corrected chi connectivity index (χ2v) is 22.5. The number of anilines is 1. The van der Waals surface area contributed by atoms with E-state index in [0.29, 0.717) is 74.0 Å². The molecule has 8 rings (SSSR count). The number of hydrogen-bond acceptors (Lipinski definition) is 9. The van der Waals surface area contributed by atoms with Gasteiger partial charge >= 0.3 is 5.63 Å². The van der Waals surface area contributed by atoms with E-state index in [1.165, 1.54) is 23.4 Å². The summed E-state index contributed by atoms with van der Waals surface area (Å²) in [6.45, 7) is 16.4. The molecule has 1 saturated carbocycles. The van der Waals surface area contributed by atoms with Crippen LogP contribution in [0.15, 0.2) is 116 Å². The Hall–Kier alpha value is -6.41. The number of nitrogens with one attached hydrogen (secondary N) is 1. The third kappa shape index (κ3) is 12.6. The zero-order chi connectivity index (χ0) is 53.2. The van der Waals surface area contributed by atoms with Gasteiger partial charge in [0.15, 0.2) is 11.1 Å². The Balaban J connectivity index is 1.00. The SMILES string of the molecule is CCN(CC)c1ccc2cc(/C=C/c3ccc(S(=O)(=O)O)c[n+]3CCCCCC(=O)NCC3=C[C@H](c4c(OC)cc(C(C)(C)C(CCCCCN=[N+]=[N-])c5ccccc5)cc4OC)[C@@H]4C[C@H]3C4(C)C)c(=O)oc2c1. The molecule has 2 N–H and O–H groups in total. The second kappa shape index (κ2) is 24.3. The third-order valence-corrected chi connectivity index (χ3v) is 16.9. The lowest BCUT2D eigenvalue weighted by atomic mass is 9.45. The molecule has 15 heteroatoms. The monoisotopic (exact) mass is 1030 g/mol. The fourth-order valence-electron chi connectivity index (χ4n) is 11.6. The average molecular weight is 1030 g/mol. The molecule has 2 heterocycles. The Kier molecular flexibility index (Phi) is 18.2. The highest BCUT2D eigenvalue weighted by Crippen LogP contribution is 2.65. The number of aromatic nitrogens is 1. The van der Waals surface area contributed by atoms with Crippen molar-refractivity contribution in [3.63, 3.8) is 0 Å². The number of amides is 1. The highest BCUT2D eigenvalue weighted by Gasteiger charge is 2.56. The number of aryl methyl sites for hydroxylation is 1. The van der Waals surface area contributed by atoms with Gasteiger partial charge < -0.3 is 24.1 Å². The van der Waals surface area contributed by atoms with Gasteiger partial charge in [0.2, 0.25) is 11.6 Å². The molecule has 3 aromatic carbocycles. The lowest BCUT2D eigenvalue weighted by molar-refractivity contribution is -0.700. The lowest BCUT2D eigenvalue weighted by Crippen LogP contribution is -2.52. The van der Waals surface area contributed by atoms with Crippen LogP contribution in [-0.2, 0) is 26.9 Å². The van der Waals surface area contributed by atoms with Crippen LogP contribution in [0.2, 0.25) is 0 Å². The zero-order valence-electron chi connectivity index (χ0n) is 44.5. The molecule has 74 heavy (non-hydrogen) atoms. The molecule has 5 aromatic rings. The first kappa shape index (κ1) is 55.3. The van der Waals surface area contributed by atoms with Crippen LogP contribution in [0.3, 0.4) is 0 Å². The summed E-state index contributed by atoms with van der Waals surface area (Å²) in [7, 11) is -1.00. The van der Waals surface area contributed by atoms with E-state index in [0.717, 1.165) is 78.9 Å². The van der Waals surface area contributed by atoms with Gasteiger partial charge in [-0.25, -0.2) is 4.79 Å². The second-order valence-electron chi connectivity index (χ2n) is 21.0. The summed E-state index contributed by atoms with van der Waals surface area (Å²) in [6.07, 6.45) is 14.2. The first-order chi connectivity index (χ1) is 35.4. The number of carbonyl (C=O) groups excluding carboxylic acids is 1. The van der Waals surface area contributed by atoms with E-state index < -0.39 is 15.7 Å². The van der Waals surface area contributed by atoms with Crippen molar-refractivity contribution in [2.75, 3.05) is 45.3 Å². The van der Waals surface area contributed by atoms with E-state index in [1.54, 1.807) is 43.1 Å². The van der Waals surface area contributed by atoms with Crippen molar-refractivity contribution < 1.29 is 36.2 Å². The molecule has 0 saturated heterocycles. The number of fused-ring (bicyclic) bond motifs is 2. The molecular formula is C59H75N6O8S+. The number of ether oxygens (including phenoxy) is 2. The molecule has 394 valence electrons. The van der Waals surface area contributed by atoms with Gasteiger partial charge in [0, 0.05) is 84.7 Å². The van der Waals surface area contributed by atoms with Crippen molar-refractivity contribution in [3.8, 4) is 11.5 Å². The van der Waals surface area contributed by atoms with Gasteiger partial charge in [-0.05, 0) is 134 Å². The van der Waals surface area contributed by atoms with Crippen molar-refractivity contribution in [1.29, 1.82) is 0 Å². The Bertz CT molecular complexity index is 3040. The van der Waals surface area contributed by atoms with Crippen LogP contribution in [-0.4, -0.2) is 59.3 Å². The van der Waals surface area contributed by atoms with Crippen LogP contribution in [0.4, 0.5) is 5.69 Å². The maximum Gasteiger partial charge on any atom is 0.343 e. The number of benzene rings is 3. The Morgan fingerprint density at radius 1 is 0.973 bits per heavy atom. The molecule has 1 unspecified atom stereocenters. The van der Waals surface area contributed by atoms with Gasteiger partial charge in [0.1, 0.15) is 23.6 Å². The minimum Gasteiger partial charge on any atom is -0.496 e. The summed E-state index contributed by atoms with van der Waals surface area (Å²) in [5.74, 6) is 2.52. The van der Waals surface area contributed by atoms with Crippen molar-refractivity contribution >= 4 is 44.8 Å². The normalized spacial score (nSPS) is 17.5. The molecule has 0 aliphatic heterocycles. The number of rotatable bonds is 26. The van der Waals surface area contributed by atoms with Crippen molar-refractivity contribution in [1.82, 2.24) is 5.32 Å². The number of methoxy groups -OCH3 is 2. The molecule has 0 spiro atoms. The van der Waals surface area contributed by atoms with Gasteiger partial charge in [-0.15, -0.1) is 0 Å². The van der Waals surface area contributed by atoms with Gasteiger partial charge in [-0.2, -0.15) is 13.0 Å². The summed E-state index contributed by atoms with van der Waals surface area (Å²) in [4.78, 5) is 31.4. The Morgan fingerprint density at radius 3 is 2.35 bits per heavy atom. The molecule has 2 aromatic heterocycles. The third-order valence-electron chi connectivity index (χ3n) is 16.1. The van der Waals surface area contributed by atoms with Crippen molar-refractivity contribution in [3.05, 3.63) is 146 Å². The summed E-state index contributed by atoms with van der Waals surface area (Å²) in [6, 6.07) is 25.6. The summed E-state index contributed by atoms with van der Waals surface area (Å²) in [5, 5.41) is 7.73. The van der Waals surface area contributed by atoms with Crippen LogP contribution in [0.1, 0.15) is 139 Å². The smallest absolute Gasteiger partial charge is 0.343 e. The molecule has 2 bridgehead atoms. The van der Waals surface area contributed by atoms with Gasteiger partial charge in [0.25, 0.3) is 10.1 Å². The summed E-state index contributed by atoms with van der Waals surface area (Å²) in [5.41, 5.74) is 15.1. The number of pyridine rings is 1. The van der Waals surface area contributed by atoms with E-state index >= 15 is 0 Å². The fraction of sp³-hybridized carbons (Fsp3) is 0.475. The minimum absolute atomic E-state index is 0.000469. The fourth-order valence-corrected chi connectivity index (χ4v) is 12.1. The molecule has 3 aliphatic rings. The van der Waals surface area contributed by atoms with Crippen LogP contribution >= 0.6 is 0 Å². The van der Waals surface area contributed by atoms with E-state index in [1.807, 2.05) is 18.2 Å². The Morgan fingerprint density at radius 2 is 1.69 bits per heavy atom. The van der Waals surface area contributed by atoms with Crippen molar-refractivity contribution in [2.45, 2.75) is 128 Å². The van der Waals surface area contributed by atoms with Crippen LogP contribution in [0, 0.1) is 17.3 Å². The minimum atomic E-state index is -4.47. The highest BCUT2D eigenvalue weighted by atomic mass is 32.2. The highest BCUT2D eigenvalue weighted by molar-refractivity contribution is 7.85. The van der Waals surface area contributed by atoms with Crippen LogP contribution in [0.5, 0.6) is 11.5 Å². The van der Waals surface area contributed by atoms with Gasteiger partial charge in [-0.1, -0.05) is 87.6 Å². The lowest BCUT2D eigenvalue weighted by Gasteiger charge is -2.59. The van der Waals surface area contributed by atoms with Gasteiger partial charge in [-0.3, -0.25) is 9.35 Å². The van der Waals surface area contributed by atoms with E-state index in [2.05, 4.69) is 110 Å². The number of carbonyl (C=O) groups is 1. The number of allylic oxidation sites excluding steroid dienone is 1. The van der Waals surface area contributed by atoms with Crippen LogP contribution in [0.25, 0.3) is 33.6 Å². The molecule has 0 radical (unpaired) electrons. The van der Waals surface area contributed by atoms with E-state index in [4.69, 9.17) is 19.4 Å². The maximum atomic E-state index is 13.4. The molecule has 3 aliphatic carbocycles. The van der Waals surface area contributed by atoms with E-state index in [9.17, 15) is 22.6 Å². The predicted octanol–water partition coefficient (Wildman–Crippen LogP) is 12.4. The maximum absolute atomic E-state index is 13.4. The quantitative estimate of drug-likeness (QED) is 0.00794. The van der Waals surface area contributed by atoms with E-state index in [-0.39, 0.29) is 33.5 Å².